The smallest absolute Gasteiger partial charge is 0.217 e. The van der Waals surface area contributed by atoms with Gasteiger partial charge in [-0.3, -0.25) is 9.59 Å². The molecule has 1 atom stereocenters. The van der Waals surface area contributed by atoms with E-state index in [1.807, 2.05) is 25.3 Å². The Morgan fingerprint density at radius 2 is 1.84 bits per heavy atom. The topological polar surface area (TPSA) is 63.2 Å². The van der Waals surface area contributed by atoms with Gasteiger partial charge in [0.1, 0.15) is 12.1 Å². The summed E-state index contributed by atoms with van der Waals surface area (Å²) in [7, 11) is 0. The molecule has 1 amide bonds. The van der Waals surface area contributed by atoms with E-state index in [1.54, 1.807) is 17.8 Å². The van der Waals surface area contributed by atoms with Crippen LogP contribution in [0.25, 0.3) is 17.2 Å². The summed E-state index contributed by atoms with van der Waals surface area (Å²) in [4.78, 5) is 36.1. The highest BCUT2D eigenvalue weighted by Crippen LogP contribution is 2.44. The van der Waals surface area contributed by atoms with Crippen LogP contribution in [0.4, 0.5) is 4.39 Å². The number of allylic oxidation sites excluding steroid dienone is 3. The van der Waals surface area contributed by atoms with Crippen molar-refractivity contribution in [3.8, 4) is 0 Å². The fourth-order valence-corrected chi connectivity index (χ4v) is 4.78. The maximum absolute atomic E-state index is 14.0. The number of thioether (sulfide) groups is 2. The molecule has 0 aliphatic heterocycles. The van der Waals surface area contributed by atoms with Crippen molar-refractivity contribution in [1.29, 1.82) is 0 Å². The fourth-order valence-electron chi connectivity index (χ4n) is 3.60. The first-order valence-corrected chi connectivity index (χ1v) is 12.3. The molecule has 2 aromatic rings. The lowest BCUT2D eigenvalue weighted by Crippen LogP contribution is -2.36. The summed E-state index contributed by atoms with van der Waals surface area (Å²) < 4.78 is 14.0. The minimum atomic E-state index is -0.718. The molecular weight excluding hydrogens is 445 g/mol. The van der Waals surface area contributed by atoms with Gasteiger partial charge < -0.3 is 10.1 Å². The molecule has 0 fully saturated rings. The first kappa shape index (κ1) is 24.0. The van der Waals surface area contributed by atoms with E-state index < -0.39 is 6.04 Å². The van der Waals surface area contributed by atoms with Crippen LogP contribution in [-0.2, 0) is 14.4 Å². The average Bonchev–Trinajstić information content (AvgIpc) is 3.02. The van der Waals surface area contributed by atoms with Crippen LogP contribution < -0.4 is 5.32 Å². The van der Waals surface area contributed by atoms with Gasteiger partial charge in [0.15, 0.2) is 5.12 Å². The summed E-state index contributed by atoms with van der Waals surface area (Å²) in [5.74, 6) is -0.519. The van der Waals surface area contributed by atoms with Crippen LogP contribution in [0.15, 0.2) is 52.9 Å². The van der Waals surface area contributed by atoms with E-state index >= 15 is 0 Å². The van der Waals surface area contributed by atoms with Crippen molar-refractivity contribution in [2.24, 2.45) is 0 Å². The summed E-state index contributed by atoms with van der Waals surface area (Å²) in [6.07, 6.45) is 4.81. The molecule has 4 nitrogen and oxygen atoms in total. The highest BCUT2D eigenvalue weighted by Gasteiger charge is 2.26. The number of nitrogens with one attached hydrogen (secondary N) is 1. The zero-order valence-corrected chi connectivity index (χ0v) is 19.7. The molecule has 0 bridgehead atoms. The van der Waals surface area contributed by atoms with Gasteiger partial charge in [0.25, 0.3) is 0 Å². The predicted octanol–water partition coefficient (Wildman–Crippen LogP) is 5.23. The highest BCUT2D eigenvalue weighted by atomic mass is 32.2. The molecule has 7 heteroatoms. The van der Waals surface area contributed by atoms with Crippen LogP contribution in [-0.4, -0.2) is 35.4 Å². The molecule has 0 saturated carbocycles. The Morgan fingerprint density at radius 3 is 2.47 bits per heavy atom. The van der Waals surface area contributed by atoms with Crippen molar-refractivity contribution in [3.63, 3.8) is 0 Å². The normalized spacial score (nSPS) is 14.9. The lowest BCUT2D eigenvalue weighted by atomic mass is 10.0. The maximum atomic E-state index is 14.0. The molecule has 0 saturated heterocycles. The second kappa shape index (κ2) is 10.8. The Kier molecular flexibility index (Phi) is 8.10. The standard InChI is InChI=1S/C25H24FNO3S2/c1-15-22(10-17-4-7-20(31-3)8-5-17)21-9-6-18(26)11-24(21)23(15)12-25(30)32-14-19(13-28)27-16(2)29/h4-11,13,19H,12,14H2,1-3H3,(H,27,29)/b22-10-. The molecule has 0 spiro atoms. The third-order valence-electron chi connectivity index (χ3n) is 5.18. The molecule has 0 aromatic heterocycles. The van der Waals surface area contributed by atoms with Gasteiger partial charge >= 0.3 is 0 Å². The molecule has 1 unspecified atom stereocenters. The van der Waals surface area contributed by atoms with Crippen molar-refractivity contribution in [1.82, 2.24) is 5.32 Å². The Bertz CT molecular complexity index is 1110. The first-order chi connectivity index (χ1) is 15.3. The Labute approximate surface area is 195 Å². The number of rotatable bonds is 8. The van der Waals surface area contributed by atoms with Gasteiger partial charge in [0.05, 0.1) is 6.04 Å². The van der Waals surface area contributed by atoms with Gasteiger partial charge in [-0.2, -0.15) is 0 Å². The number of halogens is 1. The Balaban J connectivity index is 1.86. The first-order valence-electron chi connectivity index (χ1n) is 10.1. The summed E-state index contributed by atoms with van der Waals surface area (Å²) in [5, 5.41) is 2.36. The molecule has 0 heterocycles. The second-order valence-electron chi connectivity index (χ2n) is 7.43. The third kappa shape index (κ3) is 5.78. The van der Waals surface area contributed by atoms with Crippen LogP contribution in [0.3, 0.4) is 0 Å². The molecule has 32 heavy (non-hydrogen) atoms. The quantitative estimate of drug-likeness (QED) is 0.424. The number of hydrogen-bond donors (Lipinski definition) is 1. The number of aldehydes is 1. The van der Waals surface area contributed by atoms with E-state index in [4.69, 9.17) is 0 Å². The van der Waals surface area contributed by atoms with Crippen LogP contribution in [0.1, 0.15) is 37.0 Å². The molecule has 0 radical (unpaired) electrons. The third-order valence-corrected chi connectivity index (χ3v) is 6.91. The van der Waals surface area contributed by atoms with E-state index in [2.05, 4.69) is 23.5 Å². The number of hydrogen-bond acceptors (Lipinski definition) is 5. The molecule has 1 aliphatic carbocycles. The molecule has 166 valence electrons. The molecule has 1 N–H and O–H groups in total. The van der Waals surface area contributed by atoms with E-state index in [1.165, 1.54) is 24.0 Å². The summed E-state index contributed by atoms with van der Waals surface area (Å²) in [5.41, 5.74) is 5.33. The Morgan fingerprint density at radius 1 is 1.12 bits per heavy atom. The SMILES string of the molecule is CSc1ccc(/C=C2/C(C)=C(CC(=O)SCC(C=O)NC(C)=O)c3cc(F)ccc32)cc1. The van der Waals surface area contributed by atoms with Crippen molar-refractivity contribution < 1.29 is 18.8 Å². The lowest BCUT2D eigenvalue weighted by Gasteiger charge is -2.11. The van der Waals surface area contributed by atoms with Crippen LogP contribution in [0, 0.1) is 5.82 Å². The van der Waals surface area contributed by atoms with Gasteiger partial charge in [-0.05, 0) is 76.9 Å². The van der Waals surface area contributed by atoms with E-state index in [-0.39, 0.29) is 29.0 Å². The molecular formula is C25H24FNO3S2. The lowest BCUT2D eigenvalue weighted by molar-refractivity contribution is -0.121. The monoisotopic (exact) mass is 469 g/mol. The zero-order valence-electron chi connectivity index (χ0n) is 18.1. The van der Waals surface area contributed by atoms with E-state index in [0.29, 0.717) is 6.29 Å². The predicted molar refractivity (Wildman–Crippen MR) is 131 cm³/mol. The van der Waals surface area contributed by atoms with Gasteiger partial charge in [-0.15, -0.1) is 11.8 Å². The number of amides is 1. The van der Waals surface area contributed by atoms with Crippen LogP contribution >= 0.6 is 23.5 Å². The van der Waals surface area contributed by atoms with Crippen molar-refractivity contribution in [2.75, 3.05) is 12.0 Å². The number of carbonyl (C=O) groups is 3. The largest absolute Gasteiger partial charge is 0.346 e. The van der Waals surface area contributed by atoms with Gasteiger partial charge in [0, 0.05) is 24.0 Å². The number of benzene rings is 2. The number of carbonyl (C=O) groups excluding carboxylic acids is 3. The van der Waals surface area contributed by atoms with Crippen molar-refractivity contribution in [2.45, 2.75) is 31.2 Å². The van der Waals surface area contributed by atoms with Gasteiger partial charge in [-0.25, -0.2) is 4.39 Å². The van der Waals surface area contributed by atoms with Crippen molar-refractivity contribution in [3.05, 3.63) is 70.5 Å². The molecule has 2 aromatic carbocycles. The van der Waals surface area contributed by atoms with Crippen LogP contribution in [0.2, 0.25) is 0 Å². The highest BCUT2D eigenvalue weighted by molar-refractivity contribution is 8.13. The summed E-state index contributed by atoms with van der Waals surface area (Å²) in [6.45, 7) is 3.27. The maximum Gasteiger partial charge on any atom is 0.217 e. The minimum Gasteiger partial charge on any atom is -0.346 e. The zero-order chi connectivity index (χ0) is 23.3. The average molecular weight is 470 g/mol. The summed E-state index contributed by atoms with van der Waals surface area (Å²) in [6, 6.07) is 12.1. The second-order valence-corrected chi connectivity index (χ2v) is 9.38. The van der Waals surface area contributed by atoms with E-state index in [9.17, 15) is 18.8 Å². The van der Waals surface area contributed by atoms with E-state index in [0.717, 1.165) is 45.2 Å². The van der Waals surface area contributed by atoms with Crippen molar-refractivity contribution >= 4 is 58.1 Å². The number of fused-ring (bicyclic) bond motifs is 1. The minimum absolute atomic E-state index is 0.112. The molecule has 3 rings (SSSR count). The Hall–Kier alpha value is -2.64. The molecule has 1 aliphatic rings. The van der Waals surface area contributed by atoms with Gasteiger partial charge in [0.2, 0.25) is 5.91 Å². The van der Waals surface area contributed by atoms with Gasteiger partial charge in [-0.1, -0.05) is 30.0 Å². The summed E-state index contributed by atoms with van der Waals surface area (Å²) >= 11 is 2.67. The van der Waals surface area contributed by atoms with Crippen LogP contribution in [0.5, 0.6) is 0 Å². The fraction of sp³-hybridized carbons (Fsp3) is 0.240.